The van der Waals surface area contributed by atoms with E-state index in [-0.39, 0.29) is 24.2 Å². The molecule has 34 heavy (non-hydrogen) atoms. The Bertz CT molecular complexity index is 942. The third kappa shape index (κ3) is 7.23. The molecule has 1 heterocycles. The molecule has 2 aromatic carbocycles. The van der Waals surface area contributed by atoms with Gasteiger partial charge in [0.2, 0.25) is 11.8 Å². The third-order valence-electron chi connectivity index (χ3n) is 6.06. The van der Waals surface area contributed by atoms with Gasteiger partial charge in [0.15, 0.2) is 0 Å². The molecule has 5 nitrogen and oxygen atoms in total. The number of alkyl halides is 3. The van der Waals surface area contributed by atoms with Gasteiger partial charge >= 0.3 is 6.18 Å². The number of nitrogens with one attached hydrogen (secondary N) is 1. The predicted molar refractivity (Wildman–Crippen MR) is 123 cm³/mol. The molecule has 0 aliphatic carbocycles. The number of nitrogens with zero attached hydrogens (tertiary/aromatic N) is 1. The van der Waals surface area contributed by atoms with Crippen LogP contribution < -0.4 is 10.1 Å². The lowest BCUT2D eigenvalue weighted by Gasteiger charge is -2.32. The van der Waals surface area contributed by atoms with Gasteiger partial charge in [0.25, 0.3) is 0 Å². The highest BCUT2D eigenvalue weighted by atomic mass is 19.4. The molecular formula is C26H31F3N2O3. The lowest BCUT2D eigenvalue weighted by Crippen LogP contribution is -2.44. The number of hydrogen-bond donors (Lipinski definition) is 1. The van der Waals surface area contributed by atoms with Crippen molar-refractivity contribution in [2.24, 2.45) is 5.92 Å². The zero-order valence-corrected chi connectivity index (χ0v) is 19.3. The number of amides is 2. The van der Waals surface area contributed by atoms with Gasteiger partial charge in [0.1, 0.15) is 5.75 Å². The van der Waals surface area contributed by atoms with Crippen LogP contribution in [0.25, 0.3) is 0 Å². The number of likely N-dealkylation sites (tertiary alicyclic amines) is 1. The highest BCUT2D eigenvalue weighted by molar-refractivity contribution is 5.80. The number of ether oxygens (including phenoxy) is 1. The smallest absolute Gasteiger partial charge is 0.416 e. The quantitative estimate of drug-likeness (QED) is 0.529. The topological polar surface area (TPSA) is 58.6 Å². The van der Waals surface area contributed by atoms with Gasteiger partial charge in [-0.25, -0.2) is 0 Å². The van der Waals surface area contributed by atoms with Crippen LogP contribution in [0.2, 0.25) is 0 Å². The Balaban J connectivity index is 1.49. The minimum absolute atomic E-state index is 0.0115. The minimum atomic E-state index is -4.43. The van der Waals surface area contributed by atoms with Gasteiger partial charge in [0, 0.05) is 19.0 Å². The van der Waals surface area contributed by atoms with Crippen LogP contribution in [0.4, 0.5) is 13.2 Å². The largest absolute Gasteiger partial charge is 0.493 e. The molecule has 3 rings (SSSR count). The van der Waals surface area contributed by atoms with Crippen molar-refractivity contribution in [2.45, 2.75) is 51.2 Å². The molecule has 184 valence electrons. The SMILES string of the molecule is CCCC(NC(=O)C1CCN(C(=O)CCOc2ccccc2)CC1)c1cccc(C(F)(F)F)c1. The van der Waals surface area contributed by atoms with Crippen molar-refractivity contribution in [3.8, 4) is 5.75 Å². The van der Waals surface area contributed by atoms with Crippen LogP contribution in [0.1, 0.15) is 56.2 Å². The van der Waals surface area contributed by atoms with Crippen molar-refractivity contribution in [1.82, 2.24) is 10.2 Å². The minimum Gasteiger partial charge on any atom is -0.493 e. The maximum atomic E-state index is 13.1. The molecule has 2 aromatic rings. The Hall–Kier alpha value is -3.03. The summed E-state index contributed by atoms with van der Waals surface area (Å²) in [6.07, 6.45) is -1.84. The molecule has 1 aliphatic heterocycles. The summed E-state index contributed by atoms with van der Waals surface area (Å²) in [7, 11) is 0. The molecule has 0 radical (unpaired) electrons. The van der Waals surface area contributed by atoms with Crippen molar-refractivity contribution < 1.29 is 27.5 Å². The molecule has 2 amide bonds. The molecule has 1 saturated heterocycles. The molecule has 8 heteroatoms. The maximum Gasteiger partial charge on any atom is 0.416 e. The highest BCUT2D eigenvalue weighted by Crippen LogP contribution is 2.32. The second-order valence-electron chi connectivity index (χ2n) is 8.54. The second kappa shape index (κ2) is 11.9. The molecule has 1 fully saturated rings. The van der Waals surface area contributed by atoms with E-state index in [2.05, 4.69) is 5.32 Å². The van der Waals surface area contributed by atoms with Crippen molar-refractivity contribution in [1.29, 1.82) is 0 Å². The van der Waals surface area contributed by atoms with E-state index >= 15 is 0 Å². The van der Waals surface area contributed by atoms with Crippen LogP contribution in [0.15, 0.2) is 54.6 Å². The summed E-state index contributed by atoms with van der Waals surface area (Å²) in [6.45, 7) is 3.17. The number of hydrogen-bond acceptors (Lipinski definition) is 3. The predicted octanol–water partition coefficient (Wildman–Crippen LogP) is 5.37. The van der Waals surface area contributed by atoms with Crippen LogP contribution in [0.3, 0.4) is 0 Å². The number of benzene rings is 2. The Morgan fingerprint density at radius 2 is 1.79 bits per heavy atom. The standard InChI is InChI=1S/C26H31F3N2O3/c1-2-7-23(20-8-6-9-21(18-20)26(27,28)29)30-25(33)19-12-15-31(16-13-19)24(32)14-17-34-22-10-4-3-5-11-22/h3-6,8-11,18-19,23H,2,7,12-17H2,1H3,(H,30,33). The number of carbonyl (C=O) groups is 2. The van der Waals surface area contributed by atoms with Crippen molar-refractivity contribution in [3.63, 3.8) is 0 Å². The van der Waals surface area contributed by atoms with E-state index in [0.717, 1.165) is 18.6 Å². The molecule has 0 bridgehead atoms. The monoisotopic (exact) mass is 476 g/mol. The van der Waals surface area contributed by atoms with Crippen LogP contribution in [0.5, 0.6) is 5.75 Å². The molecule has 1 atom stereocenters. The summed E-state index contributed by atoms with van der Waals surface area (Å²) < 4.78 is 44.9. The lowest BCUT2D eigenvalue weighted by molar-refractivity contribution is -0.137. The van der Waals surface area contributed by atoms with Crippen LogP contribution in [-0.2, 0) is 15.8 Å². The molecule has 1 N–H and O–H groups in total. The van der Waals surface area contributed by atoms with Gasteiger partial charge < -0.3 is 15.0 Å². The summed E-state index contributed by atoms with van der Waals surface area (Å²) in [4.78, 5) is 27.1. The van der Waals surface area contributed by atoms with Crippen LogP contribution in [-0.4, -0.2) is 36.4 Å². The number of rotatable bonds is 9. The first-order valence-electron chi connectivity index (χ1n) is 11.7. The van der Waals surface area contributed by atoms with Crippen molar-refractivity contribution in [2.75, 3.05) is 19.7 Å². The summed E-state index contributed by atoms with van der Waals surface area (Å²) in [5.41, 5.74) is -0.264. The first-order chi connectivity index (χ1) is 16.3. The zero-order chi connectivity index (χ0) is 24.6. The van der Waals surface area contributed by atoms with E-state index in [9.17, 15) is 22.8 Å². The molecule has 0 spiro atoms. The van der Waals surface area contributed by atoms with E-state index in [4.69, 9.17) is 4.74 Å². The van der Waals surface area contributed by atoms with Crippen molar-refractivity contribution >= 4 is 11.8 Å². The Kier molecular flexibility index (Phi) is 8.96. The average Bonchev–Trinajstić information content (AvgIpc) is 2.84. The summed E-state index contributed by atoms with van der Waals surface area (Å²) in [6, 6.07) is 13.9. The molecular weight excluding hydrogens is 445 g/mol. The number of carbonyl (C=O) groups excluding carboxylic acids is 2. The van der Waals surface area contributed by atoms with Gasteiger partial charge in [-0.05, 0) is 49.1 Å². The second-order valence-corrected chi connectivity index (χ2v) is 8.54. The van der Waals surface area contributed by atoms with Gasteiger partial charge in [0.05, 0.1) is 24.6 Å². The average molecular weight is 477 g/mol. The van der Waals surface area contributed by atoms with Crippen molar-refractivity contribution in [3.05, 3.63) is 65.7 Å². The fourth-order valence-corrected chi connectivity index (χ4v) is 4.15. The van der Waals surface area contributed by atoms with Gasteiger partial charge in [-0.3, -0.25) is 9.59 Å². The summed E-state index contributed by atoms with van der Waals surface area (Å²) in [5, 5.41) is 2.95. The van der Waals surface area contributed by atoms with Crippen LogP contribution >= 0.6 is 0 Å². The summed E-state index contributed by atoms with van der Waals surface area (Å²) >= 11 is 0. The fraction of sp³-hybridized carbons (Fsp3) is 0.462. The number of para-hydroxylation sites is 1. The van der Waals surface area contributed by atoms with E-state index < -0.39 is 17.8 Å². The Labute approximate surface area is 198 Å². The lowest BCUT2D eigenvalue weighted by atomic mass is 9.93. The maximum absolute atomic E-state index is 13.1. The van der Waals surface area contributed by atoms with E-state index in [1.165, 1.54) is 6.07 Å². The molecule has 0 saturated carbocycles. The fourth-order valence-electron chi connectivity index (χ4n) is 4.15. The number of piperidine rings is 1. The van der Waals surface area contributed by atoms with E-state index in [1.54, 1.807) is 11.0 Å². The van der Waals surface area contributed by atoms with Crippen LogP contribution in [0, 0.1) is 5.92 Å². The first kappa shape index (κ1) is 25.6. The highest BCUT2D eigenvalue weighted by Gasteiger charge is 2.32. The van der Waals surface area contributed by atoms with E-state index in [1.807, 2.05) is 37.3 Å². The first-order valence-corrected chi connectivity index (χ1v) is 11.7. The third-order valence-corrected chi connectivity index (χ3v) is 6.06. The number of halogens is 3. The van der Waals surface area contributed by atoms with Gasteiger partial charge in [-0.2, -0.15) is 13.2 Å². The molecule has 1 aliphatic rings. The van der Waals surface area contributed by atoms with Gasteiger partial charge in [-0.15, -0.1) is 0 Å². The Morgan fingerprint density at radius 1 is 1.09 bits per heavy atom. The van der Waals surface area contributed by atoms with Gasteiger partial charge in [-0.1, -0.05) is 43.7 Å². The summed E-state index contributed by atoms with van der Waals surface area (Å²) in [5.74, 6) is 0.265. The normalized spacial score (nSPS) is 15.6. The Morgan fingerprint density at radius 3 is 2.44 bits per heavy atom. The van der Waals surface area contributed by atoms with E-state index in [0.29, 0.717) is 50.3 Å². The zero-order valence-electron chi connectivity index (χ0n) is 19.3. The molecule has 0 aromatic heterocycles. The molecule has 1 unspecified atom stereocenters.